The van der Waals surface area contributed by atoms with Gasteiger partial charge in [0.1, 0.15) is 5.82 Å². The minimum atomic E-state index is -0.268. The number of halogens is 1. The van der Waals surface area contributed by atoms with E-state index < -0.39 is 0 Å². The Morgan fingerprint density at radius 2 is 1.87 bits per heavy atom. The molecule has 0 saturated carbocycles. The number of rotatable bonds is 5. The molecule has 3 aromatic rings. The molecule has 1 aromatic heterocycles. The molecule has 3 amide bonds. The number of hydrogen-bond donors (Lipinski definition) is 1. The number of benzene rings is 2. The monoisotopic (exact) mass is 534 g/mol. The molecule has 2 atom stereocenters. The number of carbonyl (C=O) groups is 2. The molecule has 2 aliphatic heterocycles. The van der Waals surface area contributed by atoms with E-state index in [-0.39, 0.29) is 36.4 Å². The second-order valence-corrected chi connectivity index (χ2v) is 11.6. The van der Waals surface area contributed by atoms with Crippen LogP contribution < -0.4 is 5.32 Å². The number of hydrogen-bond acceptors (Lipinski definition) is 4. The van der Waals surface area contributed by atoms with E-state index in [0.717, 1.165) is 29.8 Å². The smallest absolute Gasteiger partial charge is 0.322 e. The van der Waals surface area contributed by atoms with E-state index in [4.69, 9.17) is 0 Å². The van der Waals surface area contributed by atoms with Crippen LogP contribution in [0.2, 0.25) is 0 Å². The quantitative estimate of drug-likeness (QED) is 0.455. The van der Waals surface area contributed by atoms with Crippen LogP contribution in [0, 0.1) is 5.82 Å². The van der Waals surface area contributed by atoms with Crippen LogP contribution in [0.3, 0.4) is 0 Å². The highest BCUT2D eigenvalue weighted by Crippen LogP contribution is 2.38. The van der Waals surface area contributed by atoms with E-state index in [2.05, 4.69) is 35.5 Å². The molecular weight excluding hydrogens is 499 g/mol. The van der Waals surface area contributed by atoms with Gasteiger partial charge in [-0.25, -0.2) is 9.18 Å². The molecule has 0 radical (unpaired) electrons. The van der Waals surface area contributed by atoms with Gasteiger partial charge >= 0.3 is 6.03 Å². The van der Waals surface area contributed by atoms with Crippen LogP contribution in [-0.4, -0.2) is 65.4 Å². The van der Waals surface area contributed by atoms with Crippen molar-refractivity contribution < 1.29 is 14.0 Å². The lowest BCUT2D eigenvalue weighted by Gasteiger charge is -2.41. The molecule has 1 fully saturated rings. The van der Waals surface area contributed by atoms with E-state index in [1.165, 1.54) is 16.5 Å². The van der Waals surface area contributed by atoms with E-state index >= 15 is 0 Å². The van der Waals surface area contributed by atoms with E-state index in [1.807, 2.05) is 42.2 Å². The number of anilines is 1. The fourth-order valence-electron chi connectivity index (χ4n) is 5.51. The Kier molecular flexibility index (Phi) is 7.81. The third kappa shape index (κ3) is 5.61. The molecule has 3 heterocycles. The normalized spacial score (nSPS) is 19.9. The molecule has 0 bridgehead atoms. The van der Waals surface area contributed by atoms with Gasteiger partial charge in [-0.05, 0) is 71.7 Å². The van der Waals surface area contributed by atoms with Crippen molar-refractivity contribution in [3.63, 3.8) is 0 Å². The van der Waals surface area contributed by atoms with Gasteiger partial charge in [-0.1, -0.05) is 38.1 Å². The maximum atomic E-state index is 14.1. The molecule has 2 aromatic carbocycles. The van der Waals surface area contributed by atoms with Gasteiger partial charge in [-0.2, -0.15) is 0 Å². The number of fused-ring (bicyclic) bond motifs is 1. The third-order valence-electron chi connectivity index (χ3n) is 7.64. The van der Waals surface area contributed by atoms with Crippen molar-refractivity contribution in [3.05, 3.63) is 87.4 Å². The van der Waals surface area contributed by atoms with Gasteiger partial charge in [-0.15, -0.1) is 11.3 Å². The number of piperazine rings is 1. The van der Waals surface area contributed by atoms with Gasteiger partial charge < -0.3 is 15.1 Å². The first-order valence-electron chi connectivity index (χ1n) is 13.3. The molecule has 1 saturated heterocycles. The summed E-state index contributed by atoms with van der Waals surface area (Å²) in [6.45, 7) is 8.72. The molecular formula is C30H35FN4O2S. The van der Waals surface area contributed by atoms with Crippen molar-refractivity contribution in [1.82, 2.24) is 14.7 Å². The molecule has 38 heavy (non-hydrogen) atoms. The Balaban J connectivity index is 1.22. The lowest BCUT2D eigenvalue weighted by atomic mass is 9.93. The van der Waals surface area contributed by atoms with Crippen LogP contribution >= 0.6 is 11.3 Å². The van der Waals surface area contributed by atoms with Gasteiger partial charge in [0.25, 0.3) is 0 Å². The summed E-state index contributed by atoms with van der Waals surface area (Å²) >= 11 is 1.72. The van der Waals surface area contributed by atoms with Crippen molar-refractivity contribution >= 4 is 29.0 Å². The summed E-state index contributed by atoms with van der Waals surface area (Å²) in [5, 5.41) is 5.08. The summed E-state index contributed by atoms with van der Waals surface area (Å²) in [6.07, 6.45) is 0.884. The summed E-state index contributed by atoms with van der Waals surface area (Å²) < 4.78 is 14.1. The van der Waals surface area contributed by atoms with Crippen molar-refractivity contribution in [1.29, 1.82) is 0 Å². The first-order valence-corrected chi connectivity index (χ1v) is 14.2. The average molecular weight is 535 g/mol. The highest BCUT2D eigenvalue weighted by molar-refractivity contribution is 7.10. The summed E-state index contributed by atoms with van der Waals surface area (Å²) in [6, 6.07) is 16.4. The van der Waals surface area contributed by atoms with Crippen LogP contribution in [0.4, 0.5) is 14.9 Å². The maximum Gasteiger partial charge on any atom is 0.322 e. The summed E-state index contributed by atoms with van der Waals surface area (Å²) in [5.74, 6) is 0.211. The van der Waals surface area contributed by atoms with Crippen LogP contribution in [0.1, 0.15) is 54.3 Å². The lowest BCUT2D eigenvalue weighted by molar-refractivity contribution is -0.135. The number of nitrogens with zero attached hydrogens (tertiary/aromatic N) is 3. The highest BCUT2D eigenvalue weighted by atomic mass is 32.1. The fraction of sp³-hybridized carbons (Fsp3) is 0.400. The Labute approximate surface area is 228 Å². The first-order chi connectivity index (χ1) is 18.3. The van der Waals surface area contributed by atoms with Gasteiger partial charge in [0.05, 0.1) is 12.6 Å². The number of carbonyl (C=O) groups excluding carboxylic acids is 2. The molecule has 1 N–H and O–H groups in total. The molecule has 2 aliphatic rings. The molecule has 200 valence electrons. The summed E-state index contributed by atoms with van der Waals surface area (Å²) in [7, 11) is 0. The van der Waals surface area contributed by atoms with E-state index in [0.29, 0.717) is 25.6 Å². The molecule has 0 unspecified atom stereocenters. The standard InChI is InChI=1S/C30H35FN4O2S/c1-20(2)22-7-9-25(10-8-22)32-30(37)35-15-14-33(18-21(35)3)28(36)19-34-13-11-27-26(12-16-38-27)29(34)23-5-4-6-24(31)17-23/h4-10,12,16-17,20-21,29H,11,13-15,18-19H2,1-3H3,(H,32,37)/t21-,29-/m1/s1. The predicted molar refractivity (Wildman–Crippen MR) is 150 cm³/mol. The maximum absolute atomic E-state index is 14.1. The minimum absolute atomic E-state index is 0.0428. The predicted octanol–water partition coefficient (Wildman–Crippen LogP) is 5.72. The van der Waals surface area contributed by atoms with Crippen LogP contribution in [0.5, 0.6) is 0 Å². The van der Waals surface area contributed by atoms with Crippen molar-refractivity contribution in [2.45, 2.75) is 45.2 Å². The zero-order chi connectivity index (χ0) is 26.8. The Morgan fingerprint density at radius 1 is 1.08 bits per heavy atom. The van der Waals surface area contributed by atoms with Crippen molar-refractivity contribution in [3.8, 4) is 0 Å². The number of urea groups is 1. The summed E-state index contributed by atoms with van der Waals surface area (Å²) in [5.41, 5.74) is 4.03. The average Bonchev–Trinajstić information content (AvgIpc) is 3.37. The van der Waals surface area contributed by atoms with Crippen LogP contribution in [0.15, 0.2) is 60.0 Å². The third-order valence-corrected chi connectivity index (χ3v) is 8.63. The topological polar surface area (TPSA) is 55.9 Å². The van der Waals surface area contributed by atoms with Crippen LogP contribution in [-0.2, 0) is 11.2 Å². The Morgan fingerprint density at radius 3 is 2.58 bits per heavy atom. The zero-order valence-electron chi connectivity index (χ0n) is 22.2. The van der Waals surface area contributed by atoms with Gasteiger partial charge in [0.15, 0.2) is 0 Å². The fourth-order valence-corrected chi connectivity index (χ4v) is 6.42. The molecule has 0 aliphatic carbocycles. The second kappa shape index (κ2) is 11.3. The molecule has 6 nitrogen and oxygen atoms in total. The lowest BCUT2D eigenvalue weighted by Crippen LogP contribution is -2.58. The molecule has 0 spiro atoms. The highest BCUT2D eigenvalue weighted by Gasteiger charge is 2.34. The van der Waals surface area contributed by atoms with Crippen LogP contribution in [0.25, 0.3) is 0 Å². The minimum Gasteiger partial charge on any atom is -0.338 e. The Hall–Kier alpha value is -3.23. The van der Waals surface area contributed by atoms with Gasteiger partial charge in [0, 0.05) is 42.8 Å². The second-order valence-electron chi connectivity index (χ2n) is 10.6. The SMILES string of the molecule is CC(C)c1ccc(NC(=O)N2CCN(C(=O)CN3CCc4sccc4[C@H]3c3cccc(F)c3)C[C@H]2C)cc1. The van der Waals surface area contributed by atoms with E-state index in [1.54, 1.807) is 28.4 Å². The van der Waals surface area contributed by atoms with Crippen molar-refractivity contribution in [2.75, 3.05) is 38.0 Å². The number of thiophene rings is 1. The van der Waals surface area contributed by atoms with Gasteiger partial charge in [0.2, 0.25) is 5.91 Å². The summed E-state index contributed by atoms with van der Waals surface area (Å²) in [4.78, 5) is 33.6. The first kappa shape index (κ1) is 26.4. The van der Waals surface area contributed by atoms with E-state index in [9.17, 15) is 14.0 Å². The van der Waals surface area contributed by atoms with Gasteiger partial charge in [-0.3, -0.25) is 9.69 Å². The number of nitrogens with one attached hydrogen (secondary N) is 1. The Bertz CT molecular complexity index is 1290. The molecule has 8 heteroatoms. The number of amides is 3. The molecule has 5 rings (SSSR count). The zero-order valence-corrected chi connectivity index (χ0v) is 23.0. The largest absolute Gasteiger partial charge is 0.338 e. The van der Waals surface area contributed by atoms with Crippen molar-refractivity contribution in [2.24, 2.45) is 0 Å².